The lowest BCUT2D eigenvalue weighted by Crippen LogP contribution is -2.31. The van der Waals surface area contributed by atoms with Gasteiger partial charge in [0, 0.05) is 12.6 Å². The minimum absolute atomic E-state index is 0.449. The van der Waals surface area contributed by atoms with Gasteiger partial charge in [0.05, 0.1) is 5.69 Å². The molecule has 1 aromatic rings. The Morgan fingerprint density at radius 3 is 2.53 bits per heavy atom. The third-order valence-electron chi connectivity index (χ3n) is 2.29. The molecular formula is C11H18ClN3. The van der Waals surface area contributed by atoms with Gasteiger partial charge >= 0.3 is 0 Å². The first-order chi connectivity index (χ1) is 7.13. The Balaban J connectivity index is 2.61. The molecule has 84 valence electrons. The molecule has 0 amide bonds. The highest BCUT2D eigenvalue weighted by atomic mass is 35.5. The highest BCUT2D eigenvalue weighted by Gasteiger charge is 2.09. The lowest BCUT2D eigenvalue weighted by atomic mass is 10.2. The molecule has 1 rings (SSSR count). The van der Waals surface area contributed by atoms with Gasteiger partial charge in [-0.15, -0.1) is 5.10 Å². The fraction of sp³-hybridized carbons (Fsp3) is 0.636. The van der Waals surface area contributed by atoms with E-state index < -0.39 is 0 Å². The smallest absolute Gasteiger partial charge is 0.151 e. The maximum absolute atomic E-state index is 5.68. The first-order valence-electron chi connectivity index (χ1n) is 5.35. The van der Waals surface area contributed by atoms with Crippen LogP contribution in [0.3, 0.4) is 0 Å². The summed E-state index contributed by atoms with van der Waals surface area (Å²) in [5.41, 5.74) is 0.974. The van der Waals surface area contributed by atoms with Crippen LogP contribution in [0.5, 0.6) is 0 Å². The standard InChI is InChI=1S/C11H18ClN3/c1-4-7-15(9(2)3)8-10-5-6-11(12)14-13-10/h5-6,9H,4,7-8H2,1-3H3. The highest BCUT2D eigenvalue weighted by molar-refractivity contribution is 6.29. The molecule has 0 aliphatic carbocycles. The summed E-state index contributed by atoms with van der Waals surface area (Å²) in [5, 5.41) is 8.35. The number of hydrogen-bond donors (Lipinski definition) is 0. The average Bonchev–Trinajstić information content (AvgIpc) is 2.20. The Hall–Kier alpha value is -0.670. The van der Waals surface area contributed by atoms with Gasteiger partial charge in [0.2, 0.25) is 0 Å². The van der Waals surface area contributed by atoms with Crippen LogP contribution in [-0.2, 0) is 6.54 Å². The molecule has 0 radical (unpaired) electrons. The number of aromatic nitrogens is 2. The van der Waals surface area contributed by atoms with Crippen LogP contribution in [-0.4, -0.2) is 27.7 Å². The lowest BCUT2D eigenvalue weighted by molar-refractivity contribution is 0.210. The Labute approximate surface area is 96.5 Å². The number of halogens is 1. The zero-order valence-electron chi connectivity index (χ0n) is 9.57. The van der Waals surface area contributed by atoms with Crippen molar-refractivity contribution in [3.05, 3.63) is 23.0 Å². The summed E-state index contributed by atoms with van der Waals surface area (Å²) in [6, 6.07) is 4.25. The molecule has 3 nitrogen and oxygen atoms in total. The summed E-state index contributed by atoms with van der Waals surface area (Å²) in [6.45, 7) is 8.50. The van der Waals surface area contributed by atoms with Gasteiger partial charge in [0.25, 0.3) is 0 Å². The molecule has 1 heterocycles. The molecule has 0 fully saturated rings. The van der Waals surface area contributed by atoms with Crippen molar-refractivity contribution in [2.75, 3.05) is 6.54 Å². The Morgan fingerprint density at radius 2 is 2.07 bits per heavy atom. The van der Waals surface area contributed by atoms with Gasteiger partial charge < -0.3 is 0 Å². The molecule has 0 spiro atoms. The lowest BCUT2D eigenvalue weighted by Gasteiger charge is -2.25. The minimum Gasteiger partial charge on any atom is -0.295 e. The first kappa shape index (κ1) is 12.4. The van der Waals surface area contributed by atoms with Gasteiger partial charge in [-0.2, -0.15) is 5.10 Å². The van der Waals surface area contributed by atoms with Crippen molar-refractivity contribution in [2.24, 2.45) is 0 Å². The van der Waals surface area contributed by atoms with Crippen LogP contribution in [0.15, 0.2) is 12.1 Å². The first-order valence-corrected chi connectivity index (χ1v) is 5.73. The summed E-state index contributed by atoms with van der Waals surface area (Å²) < 4.78 is 0. The maximum Gasteiger partial charge on any atom is 0.151 e. The SMILES string of the molecule is CCCN(Cc1ccc(Cl)nn1)C(C)C. The van der Waals surface area contributed by atoms with Crippen LogP contribution in [0.2, 0.25) is 5.15 Å². The summed E-state index contributed by atoms with van der Waals surface area (Å²) in [6.07, 6.45) is 1.15. The van der Waals surface area contributed by atoms with E-state index >= 15 is 0 Å². The third-order valence-corrected chi connectivity index (χ3v) is 2.50. The molecule has 0 aliphatic rings. The van der Waals surface area contributed by atoms with Crippen molar-refractivity contribution in [1.29, 1.82) is 0 Å². The van der Waals surface area contributed by atoms with Gasteiger partial charge in [-0.1, -0.05) is 18.5 Å². The minimum atomic E-state index is 0.449. The van der Waals surface area contributed by atoms with Crippen LogP contribution in [0, 0.1) is 0 Å². The Kier molecular flexibility index (Phi) is 4.99. The van der Waals surface area contributed by atoms with Crippen molar-refractivity contribution in [1.82, 2.24) is 15.1 Å². The van der Waals surface area contributed by atoms with E-state index in [0.717, 1.165) is 25.2 Å². The molecule has 0 saturated heterocycles. The monoisotopic (exact) mass is 227 g/mol. The number of rotatable bonds is 5. The van der Waals surface area contributed by atoms with Crippen molar-refractivity contribution in [3.63, 3.8) is 0 Å². The predicted molar refractivity (Wildman–Crippen MR) is 62.9 cm³/mol. The van der Waals surface area contributed by atoms with Gasteiger partial charge in [-0.05, 0) is 38.9 Å². The molecule has 0 aromatic carbocycles. The van der Waals surface area contributed by atoms with Gasteiger partial charge in [0.1, 0.15) is 0 Å². The molecule has 4 heteroatoms. The molecule has 0 aliphatic heterocycles. The van der Waals surface area contributed by atoms with Gasteiger partial charge in [0.15, 0.2) is 5.15 Å². The molecular weight excluding hydrogens is 210 g/mol. The van der Waals surface area contributed by atoms with E-state index in [1.807, 2.05) is 6.07 Å². The fourth-order valence-electron chi connectivity index (χ4n) is 1.44. The van der Waals surface area contributed by atoms with Crippen molar-refractivity contribution >= 4 is 11.6 Å². The van der Waals surface area contributed by atoms with Crippen LogP contribution >= 0.6 is 11.6 Å². The zero-order valence-corrected chi connectivity index (χ0v) is 10.3. The Morgan fingerprint density at radius 1 is 1.33 bits per heavy atom. The summed E-state index contributed by atoms with van der Waals surface area (Å²) in [7, 11) is 0. The quantitative estimate of drug-likeness (QED) is 0.775. The summed E-state index contributed by atoms with van der Waals surface area (Å²) >= 11 is 5.68. The third kappa shape index (κ3) is 4.14. The summed E-state index contributed by atoms with van der Waals surface area (Å²) in [5.74, 6) is 0. The maximum atomic E-state index is 5.68. The molecule has 0 saturated carbocycles. The summed E-state index contributed by atoms with van der Waals surface area (Å²) in [4.78, 5) is 2.37. The van der Waals surface area contributed by atoms with E-state index in [-0.39, 0.29) is 0 Å². The zero-order chi connectivity index (χ0) is 11.3. The normalized spacial score (nSPS) is 11.3. The van der Waals surface area contributed by atoms with E-state index in [2.05, 4.69) is 35.9 Å². The van der Waals surface area contributed by atoms with E-state index in [1.165, 1.54) is 0 Å². The topological polar surface area (TPSA) is 29.0 Å². The van der Waals surface area contributed by atoms with Crippen molar-refractivity contribution in [3.8, 4) is 0 Å². The van der Waals surface area contributed by atoms with E-state index in [4.69, 9.17) is 11.6 Å². The second kappa shape index (κ2) is 6.03. The van der Waals surface area contributed by atoms with Crippen LogP contribution in [0.4, 0.5) is 0 Å². The molecule has 0 N–H and O–H groups in total. The number of hydrogen-bond acceptors (Lipinski definition) is 3. The fourth-order valence-corrected chi connectivity index (χ4v) is 1.54. The van der Waals surface area contributed by atoms with E-state index in [9.17, 15) is 0 Å². The second-order valence-corrected chi connectivity index (χ2v) is 4.30. The predicted octanol–water partition coefficient (Wildman–Crippen LogP) is 2.75. The Bertz CT molecular complexity index is 284. The van der Waals surface area contributed by atoms with E-state index in [1.54, 1.807) is 6.07 Å². The van der Waals surface area contributed by atoms with Crippen LogP contribution in [0.25, 0.3) is 0 Å². The second-order valence-electron chi connectivity index (χ2n) is 3.91. The van der Waals surface area contributed by atoms with E-state index in [0.29, 0.717) is 11.2 Å². The highest BCUT2D eigenvalue weighted by Crippen LogP contribution is 2.08. The molecule has 15 heavy (non-hydrogen) atoms. The van der Waals surface area contributed by atoms with Crippen molar-refractivity contribution < 1.29 is 0 Å². The molecule has 0 unspecified atom stereocenters. The molecule has 0 bridgehead atoms. The van der Waals surface area contributed by atoms with Crippen LogP contribution in [0.1, 0.15) is 32.9 Å². The number of nitrogens with zero attached hydrogens (tertiary/aromatic N) is 3. The van der Waals surface area contributed by atoms with Gasteiger partial charge in [-0.25, -0.2) is 0 Å². The van der Waals surface area contributed by atoms with Gasteiger partial charge in [-0.3, -0.25) is 4.90 Å². The average molecular weight is 228 g/mol. The molecule has 0 atom stereocenters. The van der Waals surface area contributed by atoms with Crippen LogP contribution < -0.4 is 0 Å². The molecule has 1 aromatic heterocycles. The van der Waals surface area contributed by atoms with Crippen molar-refractivity contribution in [2.45, 2.75) is 39.8 Å². The largest absolute Gasteiger partial charge is 0.295 e.